The van der Waals surface area contributed by atoms with E-state index >= 15 is 0 Å². The quantitative estimate of drug-likeness (QED) is 0.820. The molecule has 2 atom stereocenters. The Kier molecular flexibility index (Phi) is 5.26. The number of hydrogen-bond acceptors (Lipinski definition) is 6. The number of anilines is 4. The van der Waals surface area contributed by atoms with Crippen LogP contribution in [-0.4, -0.2) is 48.1 Å². The topological polar surface area (TPSA) is 73.4 Å². The summed E-state index contributed by atoms with van der Waals surface area (Å²) in [5, 5.41) is 7.09. The average molecular weight is 401 g/mol. The minimum absolute atomic E-state index is 0.0181. The van der Waals surface area contributed by atoms with Crippen molar-refractivity contribution in [1.29, 1.82) is 0 Å². The monoisotopic (exact) mass is 400 g/mol. The summed E-state index contributed by atoms with van der Waals surface area (Å²) in [5.74, 6) is 1.69. The number of halogens is 1. The molecule has 0 bridgehead atoms. The van der Waals surface area contributed by atoms with Gasteiger partial charge in [0, 0.05) is 36.9 Å². The highest BCUT2D eigenvalue weighted by Crippen LogP contribution is 2.35. The summed E-state index contributed by atoms with van der Waals surface area (Å²) in [6.07, 6.45) is 2.49. The molecule has 7 nitrogen and oxygen atoms in total. The van der Waals surface area contributed by atoms with E-state index in [2.05, 4.69) is 50.3 Å². The number of amides is 1. The molecule has 2 aromatic rings. The van der Waals surface area contributed by atoms with Crippen molar-refractivity contribution in [2.45, 2.75) is 26.3 Å². The van der Waals surface area contributed by atoms with Crippen molar-refractivity contribution in [1.82, 2.24) is 9.97 Å². The molecule has 2 aliphatic heterocycles. The molecule has 1 aromatic carbocycles. The number of nitrogens with zero attached hydrogens (tertiary/aromatic N) is 4. The molecule has 0 spiro atoms. The second-order valence-electron chi connectivity index (χ2n) is 7.37. The third-order valence-corrected chi connectivity index (χ3v) is 5.85. The maximum absolute atomic E-state index is 12.6. The normalized spacial score (nSPS) is 20.2. The SMILES string of the molecule is CCC(C)C1Nc2ncnc(N3CCN(c4cccc(Cl)c4)CC3)c2NC1=O. The Morgan fingerprint density at radius 1 is 1.21 bits per heavy atom. The van der Waals surface area contributed by atoms with Crippen LogP contribution in [-0.2, 0) is 4.79 Å². The van der Waals surface area contributed by atoms with Crippen molar-refractivity contribution in [2.75, 3.05) is 46.6 Å². The number of aromatic nitrogens is 2. The van der Waals surface area contributed by atoms with E-state index < -0.39 is 0 Å². The fraction of sp³-hybridized carbons (Fsp3) is 0.450. The van der Waals surface area contributed by atoms with E-state index in [4.69, 9.17) is 11.6 Å². The van der Waals surface area contributed by atoms with Gasteiger partial charge in [-0.05, 0) is 24.1 Å². The summed E-state index contributed by atoms with van der Waals surface area (Å²) >= 11 is 6.12. The van der Waals surface area contributed by atoms with Crippen LogP contribution in [0.15, 0.2) is 30.6 Å². The molecule has 1 aromatic heterocycles. The predicted octanol–water partition coefficient (Wildman–Crippen LogP) is 3.24. The first-order valence-corrected chi connectivity index (χ1v) is 10.1. The lowest BCUT2D eigenvalue weighted by Crippen LogP contribution is -2.48. The lowest BCUT2D eigenvalue weighted by Gasteiger charge is -2.38. The van der Waals surface area contributed by atoms with E-state index in [0.29, 0.717) is 11.5 Å². The molecule has 4 rings (SSSR count). The van der Waals surface area contributed by atoms with Crippen LogP contribution in [0.2, 0.25) is 5.02 Å². The minimum Gasteiger partial charge on any atom is -0.368 e. The van der Waals surface area contributed by atoms with E-state index in [1.807, 2.05) is 18.2 Å². The molecule has 0 radical (unpaired) electrons. The number of piperazine rings is 1. The zero-order valence-corrected chi connectivity index (χ0v) is 16.9. The zero-order valence-electron chi connectivity index (χ0n) is 16.2. The number of carbonyl (C=O) groups excluding carboxylic acids is 1. The summed E-state index contributed by atoms with van der Waals surface area (Å²) in [5.41, 5.74) is 1.81. The van der Waals surface area contributed by atoms with Crippen LogP contribution in [0, 0.1) is 5.92 Å². The molecule has 2 aliphatic rings. The Bertz CT molecular complexity index is 868. The molecule has 2 N–H and O–H groups in total. The number of benzene rings is 1. The van der Waals surface area contributed by atoms with Gasteiger partial charge >= 0.3 is 0 Å². The number of hydrogen-bond donors (Lipinski definition) is 2. The Morgan fingerprint density at radius 2 is 1.96 bits per heavy atom. The van der Waals surface area contributed by atoms with Gasteiger partial charge in [0.1, 0.15) is 18.1 Å². The number of rotatable bonds is 4. The molecule has 28 heavy (non-hydrogen) atoms. The molecule has 2 unspecified atom stereocenters. The second-order valence-corrected chi connectivity index (χ2v) is 7.81. The van der Waals surface area contributed by atoms with E-state index in [0.717, 1.165) is 49.1 Å². The van der Waals surface area contributed by atoms with Crippen molar-refractivity contribution >= 4 is 40.5 Å². The number of carbonyl (C=O) groups is 1. The van der Waals surface area contributed by atoms with Crippen molar-refractivity contribution in [2.24, 2.45) is 5.92 Å². The van der Waals surface area contributed by atoms with Gasteiger partial charge in [0.25, 0.3) is 0 Å². The van der Waals surface area contributed by atoms with Crippen LogP contribution in [0.25, 0.3) is 0 Å². The van der Waals surface area contributed by atoms with Crippen molar-refractivity contribution in [3.8, 4) is 0 Å². The van der Waals surface area contributed by atoms with Gasteiger partial charge in [-0.3, -0.25) is 4.79 Å². The van der Waals surface area contributed by atoms with E-state index in [1.165, 1.54) is 0 Å². The largest absolute Gasteiger partial charge is 0.368 e. The van der Waals surface area contributed by atoms with Crippen LogP contribution in [0.5, 0.6) is 0 Å². The second kappa shape index (κ2) is 7.83. The summed E-state index contributed by atoms with van der Waals surface area (Å²) in [6, 6.07) is 7.66. The van der Waals surface area contributed by atoms with Crippen LogP contribution in [0.3, 0.4) is 0 Å². The van der Waals surface area contributed by atoms with E-state index in [1.54, 1.807) is 6.33 Å². The van der Waals surface area contributed by atoms with Gasteiger partial charge in [-0.15, -0.1) is 0 Å². The highest BCUT2D eigenvalue weighted by atomic mass is 35.5. The molecular formula is C20H25ClN6O. The first-order valence-electron chi connectivity index (χ1n) is 9.74. The molecule has 3 heterocycles. The van der Waals surface area contributed by atoms with Gasteiger partial charge in [0.2, 0.25) is 5.91 Å². The fourth-order valence-corrected chi connectivity index (χ4v) is 3.92. The zero-order chi connectivity index (χ0) is 19.7. The predicted molar refractivity (Wildman–Crippen MR) is 113 cm³/mol. The third-order valence-electron chi connectivity index (χ3n) is 5.62. The fourth-order valence-electron chi connectivity index (χ4n) is 3.74. The third kappa shape index (κ3) is 3.58. The summed E-state index contributed by atoms with van der Waals surface area (Å²) in [4.78, 5) is 25.9. The molecule has 0 saturated carbocycles. The summed E-state index contributed by atoms with van der Waals surface area (Å²) in [7, 11) is 0. The Balaban J connectivity index is 1.50. The van der Waals surface area contributed by atoms with Gasteiger partial charge < -0.3 is 20.4 Å². The molecule has 1 saturated heterocycles. The number of nitrogens with one attached hydrogen (secondary N) is 2. The number of fused-ring (bicyclic) bond motifs is 1. The van der Waals surface area contributed by atoms with Crippen LogP contribution in [0.4, 0.5) is 23.0 Å². The Hall–Kier alpha value is -2.54. The molecule has 1 amide bonds. The molecular weight excluding hydrogens is 376 g/mol. The minimum atomic E-state index is -0.264. The van der Waals surface area contributed by atoms with Crippen LogP contribution in [0.1, 0.15) is 20.3 Å². The van der Waals surface area contributed by atoms with E-state index in [-0.39, 0.29) is 17.9 Å². The lowest BCUT2D eigenvalue weighted by molar-refractivity contribution is -0.118. The molecule has 148 valence electrons. The molecule has 8 heteroatoms. The first-order chi connectivity index (χ1) is 13.6. The van der Waals surface area contributed by atoms with Gasteiger partial charge in [0.05, 0.1) is 0 Å². The first kappa shape index (κ1) is 18.8. The van der Waals surface area contributed by atoms with Crippen molar-refractivity contribution in [3.63, 3.8) is 0 Å². The summed E-state index contributed by atoms with van der Waals surface area (Å²) < 4.78 is 0. The lowest BCUT2D eigenvalue weighted by atomic mass is 9.97. The maximum atomic E-state index is 12.6. The maximum Gasteiger partial charge on any atom is 0.247 e. The molecule has 1 fully saturated rings. The van der Waals surface area contributed by atoms with Crippen molar-refractivity contribution in [3.05, 3.63) is 35.6 Å². The smallest absolute Gasteiger partial charge is 0.247 e. The van der Waals surface area contributed by atoms with E-state index in [9.17, 15) is 4.79 Å². The van der Waals surface area contributed by atoms with Gasteiger partial charge in [-0.25, -0.2) is 9.97 Å². The van der Waals surface area contributed by atoms with Gasteiger partial charge in [-0.2, -0.15) is 0 Å². The standard InChI is InChI=1S/C20H25ClN6O/c1-3-13(2)16-20(28)25-17-18(24-16)22-12-23-19(17)27-9-7-26(8-10-27)15-6-4-5-14(21)11-15/h4-6,11-13,16H,3,7-10H2,1-2H3,(H,25,28)(H,22,23,24). The highest BCUT2D eigenvalue weighted by Gasteiger charge is 2.33. The van der Waals surface area contributed by atoms with Crippen LogP contribution >= 0.6 is 11.6 Å². The van der Waals surface area contributed by atoms with Crippen molar-refractivity contribution < 1.29 is 4.79 Å². The van der Waals surface area contributed by atoms with Gasteiger partial charge in [-0.1, -0.05) is 37.9 Å². The van der Waals surface area contributed by atoms with Gasteiger partial charge in [0.15, 0.2) is 11.6 Å². The highest BCUT2D eigenvalue weighted by molar-refractivity contribution is 6.30. The Labute approximate surface area is 170 Å². The average Bonchev–Trinajstić information content (AvgIpc) is 2.72. The van der Waals surface area contributed by atoms with Crippen LogP contribution < -0.4 is 20.4 Å². The molecule has 0 aliphatic carbocycles. The Morgan fingerprint density at radius 3 is 2.68 bits per heavy atom. The summed E-state index contributed by atoms with van der Waals surface area (Å²) in [6.45, 7) is 7.48.